The largest absolute Gasteiger partial charge is 0.487 e. The summed E-state index contributed by atoms with van der Waals surface area (Å²) in [5.74, 6) is 0.727. The molecule has 0 bridgehead atoms. The van der Waals surface area contributed by atoms with E-state index in [4.69, 9.17) is 9.72 Å². The van der Waals surface area contributed by atoms with Crippen molar-refractivity contribution >= 4 is 28.1 Å². The molecular formula is C33H33N3O2S. The van der Waals surface area contributed by atoms with Crippen molar-refractivity contribution in [3.63, 3.8) is 0 Å². The molecule has 0 aliphatic carbocycles. The molecule has 0 aliphatic rings. The number of hydrogen-bond donors (Lipinski definition) is 1. The van der Waals surface area contributed by atoms with Gasteiger partial charge < -0.3 is 10.1 Å². The summed E-state index contributed by atoms with van der Waals surface area (Å²) in [5, 5.41) is 6.21. The molecule has 5 nitrogen and oxygen atoms in total. The molecule has 0 saturated carbocycles. The zero-order chi connectivity index (χ0) is 27.5. The van der Waals surface area contributed by atoms with Gasteiger partial charge in [0, 0.05) is 40.4 Å². The van der Waals surface area contributed by atoms with Crippen molar-refractivity contribution < 1.29 is 4.74 Å². The number of anilines is 1. The van der Waals surface area contributed by atoms with E-state index in [1.54, 1.807) is 29.5 Å². The van der Waals surface area contributed by atoms with Gasteiger partial charge >= 0.3 is 0 Å². The molecule has 0 aliphatic heterocycles. The molecule has 0 fully saturated rings. The van der Waals surface area contributed by atoms with Crippen LogP contribution in [0.3, 0.4) is 0 Å². The van der Waals surface area contributed by atoms with Crippen molar-refractivity contribution in [3.8, 4) is 17.0 Å². The Hall–Kier alpha value is -4.25. The Morgan fingerprint density at radius 3 is 2.69 bits per heavy atom. The van der Waals surface area contributed by atoms with Crippen LogP contribution in [0.15, 0.2) is 95.3 Å². The third-order valence-corrected chi connectivity index (χ3v) is 6.89. The minimum absolute atomic E-state index is 0.0904. The van der Waals surface area contributed by atoms with Crippen LogP contribution in [-0.2, 0) is 13.0 Å². The molecule has 0 amide bonds. The summed E-state index contributed by atoms with van der Waals surface area (Å²) in [5.41, 5.74) is 9.54. The second kappa shape index (κ2) is 14.1. The van der Waals surface area contributed by atoms with Gasteiger partial charge in [0.15, 0.2) is 10.6 Å². The molecule has 4 rings (SSSR count). The van der Waals surface area contributed by atoms with E-state index in [2.05, 4.69) is 47.7 Å². The third-order valence-electron chi connectivity index (χ3n) is 6.09. The van der Waals surface area contributed by atoms with Crippen LogP contribution >= 0.6 is 11.3 Å². The minimum Gasteiger partial charge on any atom is -0.487 e. The molecule has 0 saturated heterocycles. The highest BCUT2D eigenvalue weighted by Gasteiger charge is 2.10. The van der Waals surface area contributed by atoms with E-state index >= 15 is 0 Å². The zero-order valence-electron chi connectivity index (χ0n) is 22.4. The van der Waals surface area contributed by atoms with Crippen molar-refractivity contribution in [2.75, 3.05) is 11.9 Å². The maximum Gasteiger partial charge on any atom is 0.183 e. The number of nitrogens with one attached hydrogen (secondary N) is 1. The van der Waals surface area contributed by atoms with Gasteiger partial charge in [0.1, 0.15) is 12.4 Å². The summed E-state index contributed by atoms with van der Waals surface area (Å²) >= 11 is 1.59. The number of thiazole rings is 1. The highest BCUT2D eigenvalue weighted by Crippen LogP contribution is 2.30. The fraction of sp³-hybridized carbons (Fsp3) is 0.212. The summed E-state index contributed by atoms with van der Waals surface area (Å²) in [6.45, 7) is 8.92. The van der Waals surface area contributed by atoms with E-state index in [0.29, 0.717) is 5.69 Å². The van der Waals surface area contributed by atoms with Crippen molar-refractivity contribution in [1.82, 2.24) is 9.97 Å². The van der Waals surface area contributed by atoms with Gasteiger partial charge in [-0.3, -0.25) is 9.78 Å². The molecule has 0 atom stereocenters. The predicted octanol–water partition coefficient (Wildman–Crippen LogP) is 7.80. The molecule has 1 N–H and O–H groups in total. The standard InChI is InChI=1S/C33H33N3O2S/c1-4-11-27-20-26(31-23-39-33(36-31)34-6-3)16-19-32(27)38-22-29-21-30(37)18-17-28(35-29)15-10-14-24(5-2)25-12-8-7-9-13-25/h4,7-9,11-13,16-21,23H,2,6,10,14-15,22H2,1,3H3,(H,34,36). The normalized spacial score (nSPS) is 10.8. The van der Waals surface area contributed by atoms with Gasteiger partial charge in [-0.05, 0) is 69.0 Å². The second-order valence-corrected chi connectivity index (χ2v) is 9.82. The molecule has 2 aromatic carbocycles. The van der Waals surface area contributed by atoms with Crippen molar-refractivity contribution in [1.29, 1.82) is 0 Å². The Bertz CT molecular complexity index is 1540. The molecular weight excluding hydrogens is 502 g/mol. The first-order chi connectivity index (χ1) is 19.1. The van der Waals surface area contributed by atoms with Crippen molar-refractivity contribution in [3.05, 3.63) is 123 Å². The van der Waals surface area contributed by atoms with Crippen LogP contribution < -0.4 is 15.5 Å². The van der Waals surface area contributed by atoms with Crippen LogP contribution in [0.4, 0.5) is 5.13 Å². The first-order valence-corrected chi connectivity index (χ1v) is 14.0. The Balaban J connectivity index is 1.46. The van der Waals surface area contributed by atoms with E-state index in [9.17, 15) is 4.79 Å². The number of ether oxygens (including phenoxy) is 1. The van der Waals surface area contributed by atoms with Crippen molar-refractivity contribution in [2.24, 2.45) is 0 Å². The van der Waals surface area contributed by atoms with Crippen LogP contribution in [0.1, 0.15) is 49.2 Å². The highest BCUT2D eigenvalue weighted by molar-refractivity contribution is 7.14. The van der Waals surface area contributed by atoms with Gasteiger partial charge in [-0.2, -0.15) is 0 Å². The number of aryl methyl sites for hydroxylation is 1. The van der Waals surface area contributed by atoms with Crippen molar-refractivity contribution in [2.45, 2.75) is 39.7 Å². The molecule has 2 heterocycles. The lowest BCUT2D eigenvalue weighted by Gasteiger charge is -2.10. The van der Waals surface area contributed by atoms with Gasteiger partial charge in [-0.1, -0.05) is 49.1 Å². The smallest absolute Gasteiger partial charge is 0.183 e. The van der Waals surface area contributed by atoms with Crippen LogP contribution in [-0.4, -0.2) is 16.5 Å². The summed E-state index contributed by atoms with van der Waals surface area (Å²) in [7, 11) is 0. The zero-order valence-corrected chi connectivity index (χ0v) is 23.3. The monoisotopic (exact) mass is 535 g/mol. The average molecular weight is 536 g/mol. The van der Waals surface area contributed by atoms with Crippen LogP contribution in [0.25, 0.3) is 22.9 Å². The van der Waals surface area contributed by atoms with Crippen LogP contribution in [0, 0.1) is 0 Å². The second-order valence-electron chi connectivity index (χ2n) is 8.96. The number of benzene rings is 2. The molecule has 0 radical (unpaired) electrons. The molecule has 0 spiro atoms. The number of aromatic nitrogens is 2. The highest BCUT2D eigenvalue weighted by atomic mass is 32.1. The lowest BCUT2D eigenvalue weighted by molar-refractivity contribution is 0.300. The molecule has 6 heteroatoms. The average Bonchev–Trinajstić information content (AvgIpc) is 3.34. The van der Waals surface area contributed by atoms with E-state index in [-0.39, 0.29) is 12.0 Å². The summed E-state index contributed by atoms with van der Waals surface area (Å²) < 4.78 is 6.17. The van der Waals surface area contributed by atoms with E-state index in [1.165, 1.54) is 0 Å². The Labute approximate surface area is 234 Å². The van der Waals surface area contributed by atoms with Gasteiger partial charge in [0.05, 0.1) is 11.4 Å². The Morgan fingerprint density at radius 1 is 1.08 bits per heavy atom. The number of nitrogens with zero attached hydrogens (tertiary/aromatic N) is 2. The Morgan fingerprint density at radius 2 is 1.92 bits per heavy atom. The molecule has 4 aromatic rings. The number of allylic oxidation sites excluding steroid dienone is 2. The third kappa shape index (κ3) is 7.87. The molecule has 39 heavy (non-hydrogen) atoms. The van der Waals surface area contributed by atoms with Gasteiger partial charge in [0.25, 0.3) is 0 Å². The fourth-order valence-corrected chi connectivity index (χ4v) is 5.01. The number of rotatable bonds is 12. The van der Waals surface area contributed by atoms with Crippen LogP contribution in [0.2, 0.25) is 0 Å². The maximum atomic E-state index is 12.3. The first kappa shape index (κ1) is 27.8. The van der Waals surface area contributed by atoms with E-state index in [1.807, 2.05) is 54.8 Å². The fourth-order valence-electron chi connectivity index (χ4n) is 4.22. The topological polar surface area (TPSA) is 64.1 Å². The van der Waals surface area contributed by atoms with Gasteiger partial charge in [-0.15, -0.1) is 17.1 Å². The van der Waals surface area contributed by atoms with Gasteiger partial charge in [-0.25, -0.2) is 4.98 Å². The number of hydrogen-bond acceptors (Lipinski definition) is 6. The quantitative estimate of drug-likeness (QED) is 0.188. The molecule has 2 aromatic heterocycles. The Kier molecular flexibility index (Phi) is 10.0. The first-order valence-electron chi connectivity index (χ1n) is 13.1. The minimum atomic E-state index is -0.0904. The van der Waals surface area contributed by atoms with E-state index < -0.39 is 0 Å². The van der Waals surface area contributed by atoms with E-state index in [0.717, 1.165) is 70.3 Å². The molecule has 0 unspecified atom stereocenters. The summed E-state index contributed by atoms with van der Waals surface area (Å²) in [6.07, 6.45) is 6.43. The van der Waals surface area contributed by atoms with Gasteiger partial charge in [0.2, 0.25) is 0 Å². The lowest BCUT2D eigenvalue weighted by Crippen LogP contribution is -2.02. The SMILES string of the molecule is C=C=C(CCCc1ccc(=O)cc(COc2ccc(-c3csc(NCC)n3)cc2C=CC)n1)c1ccccc1. The van der Waals surface area contributed by atoms with Crippen LogP contribution in [0.5, 0.6) is 5.75 Å². The summed E-state index contributed by atoms with van der Waals surface area (Å²) in [6, 6.07) is 21.1. The maximum absolute atomic E-state index is 12.3. The molecule has 198 valence electrons. The summed E-state index contributed by atoms with van der Waals surface area (Å²) in [4.78, 5) is 21.8. The predicted molar refractivity (Wildman–Crippen MR) is 163 cm³/mol. The lowest BCUT2D eigenvalue weighted by atomic mass is 10.0.